The minimum atomic E-state index is -0.728. The molecule has 4 nitrogen and oxygen atoms in total. The summed E-state index contributed by atoms with van der Waals surface area (Å²) in [5.74, 6) is -0.944. The summed E-state index contributed by atoms with van der Waals surface area (Å²) in [6.45, 7) is 2.06. The van der Waals surface area contributed by atoms with Crippen molar-refractivity contribution >= 4 is 23.2 Å². The first-order valence-corrected chi connectivity index (χ1v) is 8.06. The average Bonchev–Trinajstić information content (AvgIpc) is 2.98. The summed E-state index contributed by atoms with van der Waals surface area (Å²) in [6.07, 6.45) is 3.47. The van der Waals surface area contributed by atoms with Gasteiger partial charge in [-0.1, -0.05) is 13.0 Å². The van der Waals surface area contributed by atoms with E-state index in [1.165, 1.54) is 4.88 Å². The monoisotopic (exact) mass is 295 g/mol. The van der Waals surface area contributed by atoms with Crippen LogP contribution in [0.25, 0.3) is 0 Å². The number of hydrogen-bond acceptors (Lipinski definition) is 3. The summed E-state index contributed by atoms with van der Waals surface area (Å²) in [4.78, 5) is 24.4. The molecule has 1 aliphatic carbocycles. The van der Waals surface area contributed by atoms with Gasteiger partial charge in [0.05, 0.1) is 12.0 Å². The fraction of sp³-hybridized carbons (Fsp3) is 0.600. The van der Waals surface area contributed by atoms with Gasteiger partial charge in [-0.2, -0.15) is 0 Å². The maximum Gasteiger partial charge on any atom is 0.306 e. The first kappa shape index (κ1) is 15.0. The van der Waals surface area contributed by atoms with E-state index in [1.54, 1.807) is 11.3 Å². The topological polar surface area (TPSA) is 66.4 Å². The highest BCUT2D eigenvalue weighted by molar-refractivity contribution is 7.10. The SMILES string of the molecule is CCC(NC(=O)C1CCC(C(=O)O)CC1)c1cccs1. The summed E-state index contributed by atoms with van der Waals surface area (Å²) >= 11 is 1.66. The number of carboxylic acids is 1. The van der Waals surface area contributed by atoms with Gasteiger partial charge in [0.2, 0.25) is 5.91 Å². The molecule has 5 heteroatoms. The number of carbonyl (C=O) groups is 2. The van der Waals surface area contributed by atoms with Gasteiger partial charge >= 0.3 is 5.97 Å². The lowest BCUT2D eigenvalue weighted by Crippen LogP contribution is -2.36. The summed E-state index contributed by atoms with van der Waals surface area (Å²) < 4.78 is 0. The van der Waals surface area contributed by atoms with Crippen LogP contribution in [0.5, 0.6) is 0 Å². The lowest BCUT2D eigenvalue weighted by atomic mass is 9.81. The third kappa shape index (κ3) is 3.60. The van der Waals surface area contributed by atoms with E-state index in [2.05, 4.69) is 12.2 Å². The van der Waals surface area contributed by atoms with Crippen molar-refractivity contribution in [2.24, 2.45) is 11.8 Å². The molecule has 2 rings (SSSR count). The fourth-order valence-corrected chi connectivity index (χ4v) is 3.62. The van der Waals surface area contributed by atoms with E-state index in [9.17, 15) is 9.59 Å². The molecule has 0 bridgehead atoms. The van der Waals surface area contributed by atoms with Crippen molar-refractivity contribution in [3.8, 4) is 0 Å². The Hall–Kier alpha value is -1.36. The molecular formula is C15H21NO3S. The molecule has 1 saturated carbocycles. The highest BCUT2D eigenvalue weighted by Crippen LogP contribution is 2.30. The smallest absolute Gasteiger partial charge is 0.306 e. The Morgan fingerprint density at radius 3 is 2.50 bits per heavy atom. The Morgan fingerprint density at radius 1 is 1.35 bits per heavy atom. The van der Waals surface area contributed by atoms with E-state index in [-0.39, 0.29) is 23.8 Å². The van der Waals surface area contributed by atoms with Gasteiger partial charge in [-0.15, -0.1) is 11.3 Å². The zero-order valence-electron chi connectivity index (χ0n) is 11.7. The second-order valence-corrected chi connectivity index (χ2v) is 6.35. The van der Waals surface area contributed by atoms with Crippen molar-refractivity contribution < 1.29 is 14.7 Å². The quantitative estimate of drug-likeness (QED) is 0.876. The van der Waals surface area contributed by atoms with Crippen molar-refractivity contribution in [1.29, 1.82) is 0 Å². The molecule has 1 aliphatic rings. The Bertz CT molecular complexity index is 450. The molecule has 0 aliphatic heterocycles. The van der Waals surface area contributed by atoms with E-state index in [0.717, 1.165) is 6.42 Å². The van der Waals surface area contributed by atoms with Crippen LogP contribution in [0, 0.1) is 11.8 Å². The van der Waals surface area contributed by atoms with E-state index in [1.807, 2.05) is 17.5 Å². The molecule has 110 valence electrons. The number of rotatable bonds is 5. The van der Waals surface area contributed by atoms with Gasteiger partial charge in [0.25, 0.3) is 0 Å². The van der Waals surface area contributed by atoms with Crippen LogP contribution in [0.4, 0.5) is 0 Å². The van der Waals surface area contributed by atoms with Crippen LogP contribution in [0.2, 0.25) is 0 Å². The number of thiophene rings is 1. The fourth-order valence-electron chi connectivity index (χ4n) is 2.76. The van der Waals surface area contributed by atoms with Gasteiger partial charge in [-0.05, 0) is 43.6 Å². The minimum absolute atomic E-state index is 0.0281. The van der Waals surface area contributed by atoms with Crippen LogP contribution in [0.1, 0.15) is 49.9 Å². The van der Waals surface area contributed by atoms with Crippen LogP contribution >= 0.6 is 11.3 Å². The molecule has 0 spiro atoms. The Labute approximate surface area is 123 Å². The molecule has 1 aromatic heterocycles. The first-order chi connectivity index (χ1) is 9.61. The highest BCUT2D eigenvalue weighted by atomic mass is 32.1. The van der Waals surface area contributed by atoms with Gasteiger partial charge in [0, 0.05) is 10.8 Å². The number of carbonyl (C=O) groups excluding carboxylic acids is 1. The third-order valence-electron chi connectivity index (χ3n) is 4.06. The summed E-state index contributed by atoms with van der Waals surface area (Å²) in [7, 11) is 0. The molecule has 0 aromatic carbocycles. The van der Waals surface area contributed by atoms with Crippen molar-refractivity contribution in [3.05, 3.63) is 22.4 Å². The molecule has 1 heterocycles. The predicted octanol–water partition coefficient (Wildman–Crippen LogP) is 3.21. The predicted molar refractivity (Wildman–Crippen MR) is 78.6 cm³/mol. The molecule has 2 N–H and O–H groups in total. The molecular weight excluding hydrogens is 274 g/mol. The standard InChI is InChI=1S/C15H21NO3S/c1-2-12(13-4-3-9-20-13)16-14(17)10-5-7-11(8-6-10)15(18)19/h3-4,9-12H,2,5-8H2,1H3,(H,16,17)(H,18,19). The van der Waals surface area contributed by atoms with Crippen molar-refractivity contribution in [3.63, 3.8) is 0 Å². The van der Waals surface area contributed by atoms with Gasteiger partial charge in [-0.25, -0.2) is 0 Å². The molecule has 1 unspecified atom stereocenters. The number of hydrogen-bond donors (Lipinski definition) is 2. The van der Waals surface area contributed by atoms with Crippen LogP contribution in [-0.4, -0.2) is 17.0 Å². The number of nitrogens with one attached hydrogen (secondary N) is 1. The minimum Gasteiger partial charge on any atom is -0.481 e. The zero-order chi connectivity index (χ0) is 14.5. The van der Waals surface area contributed by atoms with Gasteiger partial charge in [0.1, 0.15) is 0 Å². The van der Waals surface area contributed by atoms with Crippen LogP contribution < -0.4 is 5.32 Å². The summed E-state index contributed by atoms with van der Waals surface area (Å²) in [6, 6.07) is 4.12. The van der Waals surface area contributed by atoms with Gasteiger partial charge in [-0.3, -0.25) is 9.59 Å². The average molecular weight is 295 g/mol. The zero-order valence-corrected chi connectivity index (χ0v) is 12.5. The van der Waals surface area contributed by atoms with Crippen LogP contribution in [0.15, 0.2) is 17.5 Å². The largest absolute Gasteiger partial charge is 0.481 e. The number of amides is 1. The second kappa shape index (κ2) is 6.88. The molecule has 1 amide bonds. The third-order valence-corrected chi connectivity index (χ3v) is 5.04. The molecule has 1 atom stereocenters. The molecule has 1 fully saturated rings. The lowest BCUT2D eigenvalue weighted by molar-refractivity contribution is -0.144. The molecule has 20 heavy (non-hydrogen) atoms. The molecule has 0 saturated heterocycles. The van der Waals surface area contributed by atoms with Crippen molar-refractivity contribution in [2.45, 2.75) is 45.1 Å². The summed E-state index contributed by atoms with van der Waals surface area (Å²) in [5, 5.41) is 14.1. The number of aliphatic carboxylic acids is 1. The van der Waals surface area contributed by atoms with Crippen molar-refractivity contribution in [2.75, 3.05) is 0 Å². The van der Waals surface area contributed by atoms with E-state index in [0.29, 0.717) is 25.7 Å². The maximum atomic E-state index is 12.3. The lowest BCUT2D eigenvalue weighted by Gasteiger charge is -2.27. The molecule has 0 radical (unpaired) electrons. The molecule has 1 aromatic rings. The van der Waals surface area contributed by atoms with E-state index in [4.69, 9.17) is 5.11 Å². The van der Waals surface area contributed by atoms with Crippen LogP contribution in [-0.2, 0) is 9.59 Å². The Morgan fingerprint density at radius 2 is 2.00 bits per heavy atom. The van der Waals surface area contributed by atoms with Gasteiger partial charge < -0.3 is 10.4 Å². The van der Waals surface area contributed by atoms with Gasteiger partial charge in [0.15, 0.2) is 0 Å². The summed E-state index contributed by atoms with van der Waals surface area (Å²) in [5.41, 5.74) is 0. The van der Waals surface area contributed by atoms with E-state index < -0.39 is 5.97 Å². The normalized spacial score (nSPS) is 24.1. The van der Waals surface area contributed by atoms with Crippen LogP contribution in [0.3, 0.4) is 0 Å². The Kier molecular flexibility index (Phi) is 5.17. The van der Waals surface area contributed by atoms with E-state index >= 15 is 0 Å². The maximum absolute atomic E-state index is 12.3. The first-order valence-electron chi connectivity index (χ1n) is 7.18. The number of carboxylic acid groups (broad SMARTS) is 1. The Balaban J connectivity index is 1.87. The van der Waals surface area contributed by atoms with Crippen molar-refractivity contribution in [1.82, 2.24) is 5.32 Å². The second-order valence-electron chi connectivity index (χ2n) is 5.37. The highest BCUT2D eigenvalue weighted by Gasteiger charge is 2.30.